The van der Waals surface area contributed by atoms with Gasteiger partial charge in [-0.1, -0.05) is 24.1 Å². The van der Waals surface area contributed by atoms with Gasteiger partial charge in [-0.05, 0) is 25.0 Å². The van der Waals surface area contributed by atoms with Crippen LogP contribution in [0.3, 0.4) is 0 Å². The number of hydrogen-bond donors (Lipinski definition) is 0. The largest absolute Gasteiger partial charge is 0.383 e. The molecule has 2 aromatic rings. The maximum Gasteiger partial charge on any atom is 0.383 e. The molecule has 0 N–H and O–H groups in total. The predicted octanol–water partition coefficient (Wildman–Crippen LogP) is 2.46. The van der Waals surface area contributed by atoms with Gasteiger partial charge in [0.25, 0.3) is 11.8 Å². The van der Waals surface area contributed by atoms with Gasteiger partial charge in [-0.15, -0.1) is 11.3 Å². The molecule has 0 aliphatic carbocycles. The van der Waals surface area contributed by atoms with E-state index in [1.807, 2.05) is 6.92 Å². The Labute approximate surface area is 130 Å². The third kappa shape index (κ3) is 2.39. The highest BCUT2D eigenvalue weighted by Gasteiger charge is 2.39. The minimum atomic E-state index is -0.812. The second kappa shape index (κ2) is 5.69. The van der Waals surface area contributed by atoms with Crippen molar-refractivity contribution in [2.75, 3.05) is 0 Å². The van der Waals surface area contributed by atoms with Gasteiger partial charge in [-0.25, -0.2) is 9.78 Å². The molecule has 0 atom stereocenters. The number of imide groups is 1. The first kappa shape index (κ1) is 14.4. The molecule has 0 saturated carbocycles. The Morgan fingerprint density at radius 1 is 1.23 bits per heavy atom. The number of fused-ring (bicyclic) bond motifs is 1. The zero-order chi connectivity index (χ0) is 15.7. The van der Waals surface area contributed by atoms with E-state index < -0.39 is 17.8 Å². The number of hydrogen-bond acceptors (Lipinski definition) is 6. The van der Waals surface area contributed by atoms with Gasteiger partial charge in [-0.3, -0.25) is 9.59 Å². The lowest BCUT2D eigenvalue weighted by molar-refractivity contribution is -0.0588. The van der Waals surface area contributed by atoms with Gasteiger partial charge in [0.05, 0.1) is 16.1 Å². The molecule has 0 fully saturated rings. The second-order valence-electron chi connectivity index (χ2n) is 4.71. The molecule has 112 valence electrons. The van der Waals surface area contributed by atoms with Crippen molar-refractivity contribution in [3.63, 3.8) is 0 Å². The lowest BCUT2D eigenvalue weighted by Crippen LogP contribution is -2.32. The summed E-state index contributed by atoms with van der Waals surface area (Å²) in [4.78, 5) is 45.3. The van der Waals surface area contributed by atoms with E-state index >= 15 is 0 Å². The molecule has 0 bridgehead atoms. The van der Waals surface area contributed by atoms with Crippen LogP contribution in [0.25, 0.3) is 0 Å². The van der Waals surface area contributed by atoms with Crippen molar-refractivity contribution in [1.82, 2.24) is 10.0 Å². The molecule has 22 heavy (non-hydrogen) atoms. The number of aromatic nitrogens is 1. The highest BCUT2D eigenvalue weighted by molar-refractivity contribution is 7.09. The number of amides is 2. The van der Waals surface area contributed by atoms with E-state index in [0.717, 1.165) is 17.8 Å². The summed E-state index contributed by atoms with van der Waals surface area (Å²) in [6, 6.07) is 6.33. The summed E-state index contributed by atoms with van der Waals surface area (Å²) in [5, 5.41) is 2.87. The number of benzene rings is 1. The molecule has 1 aromatic carbocycles. The topological polar surface area (TPSA) is 76.6 Å². The average Bonchev–Trinajstić information content (AvgIpc) is 3.08. The Balaban J connectivity index is 1.77. The van der Waals surface area contributed by atoms with Gasteiger partial charge in [0.1, 0.15) is 0 Å². The second-order valence-corrected chi connectivity index (χ2v) is 5.65. The van der Waals surface area contributed by atoms with Crippen LogP contribution in [0.1, 0.15) is 49.6 Å². The Morgan fingerprint density at radius 3 is 2.45 bits per heavy atom. The number of thiazole rings is 1. The molecule has 2 heterocycles. The summed E-state index contributed by atoms with van der Waals surface area (Å²) >= 11 is 1.35. The summed E-state index contributed by atoms with van der Waals surface area (Å²) in [6.07, 6.45) is 1.69. The van der Waals surface area contributed by atoms with Crippen LogP contribution in [0.5, 0.6) is 0 Å². The van der Waals surface area contributed by atoms with Crippen LogP contribution >= 0.6 is 11.3 Å². The fourth-order valence-electron chi connectivity index (χ4n) is 2.11. The molecule has 0 radical (unpaired) electrons. The van der Waals surface area contributed by atoms with E-state index in [4.69, 9.17) is 4.84 Å². The van der Waals surface area contributed by atoms with Crippen molar-refractivity contribution in [3.8, 4) is 0 Å². The summed E-state index contributed by atoms with van der Waals surface area (Å²) in [5.41, 5.74) is 0.556. The third-order valence-corrected chi connectivity index (χ3v) is 4.06. The Bertz CT molecular complexity index is 733. The fourth-order valence-corrected chi connectivity index (χ4v) is 2.98. The van der Waals surface area contributed by atoms with Gasteiger partial charge < -0.3 is 4.84 Å². The Kier molecular flexibility index (Phi) is 3.72. The zero-order valence-electron chi connectivity index (χ0n) is 11.7. The zero-order valence-corrected chi connectivity index (χ0v) is 12.6. The van der Waals surface area contributed by atoms with Gasteiger partial charge in [0, 0.05) is 5.38 Å². The SMILES string of the molecule is CCCc1nc(C(=O)ON2C(=O)c3ccccc3C2=O)cs1. The predicted molar refractivity (Wildman–Crippen MR) is 78.5 cm³/mol. The number of nitrogens with zero attached hydrogens (tertiary/aromatic N) is 2. The smallest absolute Gasteiger partial charge is 0.322 e. The molecular weight excluding hydrogens is 304 g/mol. The lowest BCUT2D eigenvalue weighted by atomic mass is 10.1. The molecule has 6 nitrogen and oxygen atoms in total. The average molecular weight is 316 g/mol. The molecule has 1 aliphatic rings. The summed E-state index contributed by atoms with van der Waals surface area (Å²) in [7, 11) is 0. The van der Waals surface area contributed by atoms with E-state index in [9.17, 15) is 14.4 Å². The highest BCUT2D eigenvalue weighted by atomic mass is 32.1. The first-order valence-corrected chi connectivity index (χ1v) is 7.64. The molecule has 2 amide bonds. The van der Waals surface area contributed by atoms with Crippen LogP contribution in [-0.2, 0) is 11.3 Å². The van der Waals surface area contributed by atoms with Gasteiger partial charge in [0.15, 0.2) is 5.69 Å². The number of carbonyl (C=O) groups excluding carboxylic acids is 3. The van der Waals surface area contributed by atoms with Gasteiger partial charge in [0.2, 0.25) is 0 Å². The van der Waals surface area contributed by atoms with E-state index in [2.05, 4.69) is 4.98 Å². The Hall–Kier alpha value is -2.54. The van der Waals surface area contributed by atoms with Crippen LogP contribution in [0.4, 0.5) is 0 Å². The molecule has 3 rings (SSSR count). The van der Waals surface area contributed by atoms with Gasteiger partial charge >= 0.3 is 5.97 Å². The molecular formula is C15H12N2O4S. The quantitative estimate of drug-likeness (QED) is 0.810. The third-order valence-electron chi connectivity index (χ3n) is 3.16. The maximum absolute atomic E-state index is 12.1. The van der Waals surface area contributed by atoms with Crippen LogP contribution < -0.4 is 0 Å². The number of aryl methyl sites for hydroxylation is 1. The van der Waals surface area contributed by atoms with Crippen molar-refractivity contribution in [1.29, 1.82) is 0 Å². The van der Waals surface area contributed by atoms with Crippen LogP contribution in [0.15, 0.2) is 29.6 Å². The van der Waals surface area contributed by atoms with Crippen molar-refractivity contribution in [3.05, 3.63) is 51.5 Å². The highest BCUT2D eigenvalue weighted by Crippen LogP contribution is 2.23. The van der Waals surface area contributed by atoms with Crippen LogP contribution in [0.2, 0.25) is 0 Å². The number of carbonyl (C=O) groups is 3. The van der Waals surface area contributed by atoms with E-state index in [-0.39, 0.29) is 16.8 Å². The molecule has 1 aromatic heterocycles. The molecule has 0 spiro atoms. The van der Waals surface area contributed by atoms with E-state index in [1.54, 1.807) is 17.5 Å². The maximum atomic E-state index is 12.1. The summed E-state index contributed by atoms with van der Waals surface area (Å²) in [5.74, 6) is -2.09. The first-order valence-electron chi connectivity index (χ1n) is 6.76. The summed E-state index contributed by atoms with van der Waals surface area (Å²) < 4.78 is 0. The van der Waals surface area contributed by atoms with Crippen molar-refractivity contribution < 1.29 is 19.2 Å². The van der Waals surface area contributed by atoms with E-state index in [1.165, 1.54) is 23.5 Å². The lowest BCUT2D eigenvalue weighted by Gasteiger charge is -2.11. The van der Waals surface area contributed by atoms with Crippen molar-refractivity contribution >= 4 is 29.1 Å². The van der Waals surface area contributed by atoms with Crippen LogP contribution in [0, 0.1) is 0 Å². The number of rotatable bonds is 4. The molecule has 0 saturated heterocycles. The van der Waals surface area contributed by atoms with Crippen molar-refractivity contribution in [2.24, 2.45) is 0 Å². The van der Waals surface area contributed by atoms with Crippen LogP contribution in [-0.4, -0.2) is 27.8 Å². The molecule has 0 unspecified atom stereocenters. The minimum absolute atomic E-state index is 0.102. The standard InChI is InChI=1S/C15H12N2O4S/c1-2-5-12-16-11(8-22-12)15(20)21-17-13(18)9-6-3-4-7-10(9)14(17)19/h3-4,6-8H,2,5H2,1H3. The fraction of sp³-hybridized carbons (Fsp3) is 0.200. The first-order chi connectivity index (χ1) is 10.6. The minimum Gasteiger partial charge on any atom is -0.322 e. The summed E-state index contributed by atoms with van der Waals surface area (Å²) in [6.45, 7) is 2.01. The normalized spacial score (nSPS) is 13.4. The molecule has 7 heteroatoms. The van der Waals surface area contributed by atoms with Gasteiger partial charge in [-0.2, -0.15) is 0 Å². The Morgan fingerprint density at radius 2 is 1.86 bits per heavy atom. The van der Waals surface area contributed by atoms with Crippen molar-refractivity contribution in [2.45, 2.75) is 19.8 Å². The molecule has 1 aliphatic heterocycles. The number of hydroxylamine groups is 2. The van der Waals surface area contributed by atoms with E-state index in [0.29, 0.717) is 5.06 Å². The monoisotopic (exact) mass is 316 g/mol.